The van der Waals surface area contributed by atoms with Gasteiger partial charge in [-0.1, -0.05) is 0 Å². The molecular formula is C9H6F3N3. The van der Waals surface area contributed by atoms with E-state index in [9.17, 15) is 13.2 Å². The molecule has 0 spiro atoms. The summed E-state index contributed by atoms with van der Waals surface area (Å²) in [4.78, 5) is 7.41. The number of benzene rings is 1. The lowest BCUT2D eigenvalue weighted by Crippen LogP contribution is -2.05. The predicted molar refractivity (Wildman–Crippen MR) is 49.0 cm³/mol. The molecule has 0 atom stereocenters. The molecular weight excluding hydrogens is 207 g/mol. The smallest absolute Gasteiger partial charge is 0.383 e. The molecule has 1 aromatic heterocycles. The monoisotopic (exact) mass is 213 g/mol. The van der Waals surface area contributed by atoms with Gasteiger partial charge in [-0.25, -0.2) is 9.97 Å². The van der Waals surface area contributed by atoms with Gasteiger partial charge < -0.3 is 5.73 Å². The van der Waals surface area contributed by atoms with Crippen LogP contribution >= 0.6 is 0 Å². The van der Waals surface area contributed by atoms with Crippen molar-refractivity contribution >= 4 is 16.7 Å². The molecule has 1 aromatic carbocycles. The van der Waals surface area contributed by atoms with Crippen molar-refractivity contribution in [2.24, 2.45) is 0 Å². The quantitative estimate of drug-likeness (QED) is 0.730. The number of rotatable bonds is 0. The summed E-state index contributed by atoms with van der Waals surface area (Å²) in [7, 11) is 0. The van der Waals surface area contributed by atoms with E-state index in [1.165, 1.54) is 6.07 Å². The highest BCUT2D eigenvalue weighted by molar-refractivity contribution is 5.88. The zero-order chi connectivity index (χ0) is 11.1. The third-order valence-electron chi connectivity index (χ3n) is 1.99. The van der Waals surface area contributed by atoms with Crippen LogP contribution < -0.4 is 5.73 Å². The molecule has 0 aliphatic heterocycles. The Morgan fingerprint density at radius 1 is 1.13 bits per heavy atom. The standard InChI is InChI=1S/C9H6F3N3/c10-9(11,12)5-1-2-6-7(3-5)14-4-15-8(6)13/h1-4H,(H2,13,14,15). The molecule has 15 heavy (non-hydrogen) atoms. The van der Waals surface area contributed by atoms with Crippen LogP contribution in [0.25, 0.3) is 10.9 Å². The summed E-state index contributed by atoms with van der Waals surface area (Å²) < 4.78 is 37.0. The van der Waals surface area contributed by atoms with Crippen LogP contribution in [0.5, 0.6) is 0 Å². The van der Waals surface area contributed by atoms with E-state index in [1.54, 1.807) is 0 Å². The van der Waals surface area contributed by atoms with Gasteiger partial charge in [0.1, 0.15) is 12.1 Å². The van der Waals surface area contributed by atoms with Crippen molar-refractivity contribution in [2.45, 2.75) is 6.18 Å². The van der Waals surface area contributed by atoms with Gasteiger partial charge in [0.25, 0.3) is 0 Å². The number of hydrogen-bond donors (Lipinski definition) is 1. The molecule has 0 saturated carbocycles. The number of nitrogens with zero attached hydrogens (tertiary/aromatic N) is 2. The molecule has 2 N–H and O–H groups in total. The van der Waals surface area contributed by atoms with Gasteiger partial charge in [-0.15, -0.1) is 0 Å². The molecule has 0 amide bonds. The number of halogens is 3. The van der Waals surface area contributed by atoms with Gasteiger partial charge in [0.05, 0.1) is 11.1 Å². The minimum absolute atomic E-state index is 0.175. The fourth-order valence-electron chi connectivity index (χ4n) is 1.25. The van der Waals surface area contributed by atoms with E-state index in [0.717, 1.165) is 18.5 Å². The average molecular weight is 213 g/mol. The minimum atomic E-state index is -4.37. The van der Waals surface area contributed by atoms with Gasteiger partial charge in [0, 0.05) is 5.39 Å². The fourth-order valence-corrected chi connectivity index (χ4v) is 1.25. The highest BCUT2D eigenvalue weighted by atomic mass is 19.4. The third-order valence-corrected chi connectivity index (χ3v) is 1.99. The maximum atomic E-state index is 12.3. The largest absolute Gasteiger partial charge is 0.416 e. The van der Waals surface area contributed by atoms with Gasteiger partial charge in [-0.2, -0.15) is 13.2 Å². The van der Waals surface area contributed by atoms with Crippen molar-refractivity contribution in [3.05, 3.63) is 30.1 Å². The summed E-state index contributed by atoms with van der Waals surface area (Å²) in [5, 5.41) is 0.422. The molecule has 0 bridgehead atoms. The number of aromatic nitrogens is 2. The van der Waals surface area contributed by atoms with Crippen LogP contribution in [0.4, 0.5) is 19.0 Å². The molecule has 3 nitrogen and oxygen atoms in total. The summed E-state index contributed by atoms with van der Waals surface area (Å²) in [6.07, 6.45) is -3.23. The van der Waals surface area contributed by atoms with Crippen molar-refractivity contribution in [3.63, 3.8) is 0 Å². The van der Waals surface area contributed by atoms with Crippen molar-refractivity contribution in [1.29, 1.82) is 0 Å². The van der Waals surface area contributed by atoms with E-state index < -0.39 is 11.7 Å². The first-order valence-electron chi connectivity index (χ1n) is 4.06. The van der Waals surface area contributed by atoms with Crippen LogP contribution in [0, 0.1) is 0 Å². The third kappa shape index (κ3) is 1.70. The van der Waals surface area contributed by atoms with Crippen LogP contribution in [-0.2, 0) is 6.18 Å². The first kappa shape index (κ1) is 9.70. The number of fused-ring (bicyclic) bond motifs is 1. The van der Waals surface area contributed by atoms with Crippen LogP contribution in [0.1, 0.15) is 5.56 Å². The molecule has 6 heteroatoms. The van der Waals surface area contributed by atoms with Crippen molar-refractivity contribution in [2.75, 3.05) is 5.73 Å². The molecule has 2 rings (SSSR count). The number of hydrogen-bond acceptors (Lipinski definition) is 3. The Labute approximate surface area is 82.8 Å². The van der Waals surface area contributed by atoms with Crippen molar-refractivity contribution in [3.8, 4) is 0 Å². The second-order valence-corrected chi connectivity index (χ2v) is 2.99. The van der Waals surface area contributed by atoms with E-state index in [2.05, 4.69) is 9.97 Å². The molecule has 1 heterocycles. The van der Waals surface area contributed by atoms with E-state index >= 15 is 0 Å². The molecule has 0 aliphatic carbocycles. The molecule has 2 aromatic rings. The van der Waals surface area contributed by atoms with E-state index in [4.69, 9.17) is 5.73 Å². The molecule has 78 valence electrons. The van der Waals surface area contributed by atoms with Crippen LogP contribution in [-0.4, -0.2) is 9.97 Å². The maximum Gasteiger partial charge on any atom is 0.416 e. The summed E-state index contributed by atoms with van der Waals surface area (Å²) in [6, 6.07) is 3.18. The van der Waals surface area contributed by atoms with Gasteiger partial charge in [-0.05, 0) is 18.2 Å². The summed E-state index contributed by atoms with van der Waals surface area (Å²) in [5.41, 5.74) is 4.93. The summed E-state index contributed by atoms with van der Waals surface area (Å²) in [6.45, 7) is 0. The number of alkyl halides is 3. The highest BCUT2D eigenvalue weighted by Gasteiger charge is 2.30. The Hall–Kier alpha value is -1.85. The normalized spacial score (nSPS) is 11.9. The van der Waals surface area contributed by atoms with Crippen LogP contribution in [0.15, 0.2) is 24.5 Å². The highest BCUT2D eigenvalue weighted by Crippen LogP contribution is 2.31. The Balaban J connectivity index is 2.68. The maximum absolute atomic E-state index is 12.3. The van der Waals surface area contributed by atoms with Gasteiger partial charge >= 0.3 is 6.18 Å². The van der Waals surface area contributed by atoms with Crippen molar-refractivity contribution in [1.82, 2.24) is 9.97 Å². The second kappa shape index (κ2) is 3.08. The van der Waals surface area contributed by atoms with E-state index in [-0.39, 0.29) is 11.3 Å². The first-order valence-corrected chi connectivity index (χ1v) is 4.06. The van der Waals surface area contributed by atoms with E-state index in [0.29, 0.717) is 5.39 Å². The molecule has 0 radical (unpaired) electrons. The van der Waals surface area contributed by atoms with Gasteiger partial charge in [-0.3, -0.25) is 0 Å². The molecule has 0 aliphatic rings. The van der Waals surface area contributed by atoms with Gasteiger partial charge in [0.15, 0.2) is 0 Å². The van der Waals surface area contributed by atoms with Crippen LogP contribution in [0.3, 0.4) is 0 Å². The summed E-state index contributed by atoms with van der Waals surface area (Å²) in [5.74, 6) is 0.175. The van der Waals surface area contributed by atoms with Gasteiger partial charge in [0.2, 0.25) is 0 Å². The zero-order valence-electron chi connectivity index (χ0n) is 7.42. The lowest BCUT2D eigenvalue weighted by atomic mass is 10.1. The molecule has 0 saturated heterocycles. The van der Waals surface area contributed by atoms with E-state index in [1.807, 2.05) is 0 Å². The Morgan fingerprint density at radius 2 is 1.87 bits per heavy atom. The first-order chi connectivity index (χ1) is 6.98. The molecule has 0 unspecified atom stereocenters. The molecule has 0 fully saturated rings. The Bertz CT molecular complexity index is 507. The van der Waals surface area contributed by atoms with Crippen molar-refractivity contribution < 1.29 is 13.2 Å². The topological polar surface area (TPSA) is 51.8 Å². The second-order valence-electron chi connectivity index (χ2n) is 2.99. The Kier molecular flexibility index (Phi) is 1.99. The Morgan fingerprint density at radius 3 is 2.53 bits per heavy atom. The predicted octanol–water partition coefficient (Wildman–Crippen LogP) is 2.23. The average Bonchev–Trinajstić information content (AvgIpc) is 2.16. The number of nitrogens with two attached hydrogens (primary N) is 1. The number of anilines is 1. The zero-order valence-corrected chi connectivity index (χ0v) is 7.42. The summed E-state index contributed by atoms with van der Waals surface area (Å²) >= 11 is 0. The van der Waals surface area contributed by atoms with Crippen LogP contribution in [0.2, 0.25) is 0 Å². The fraction of sp³-hybridized carbons (Fsp3) is 0.111. The minimum Gasteiger partial charge on any atom is -0.383 e. The number of nitrogen functional groups attached to an aromatic ring is 1. The SMILES string of the molecule is Nc1ncnc2cc(C(F)(F)F)ccc12. The lowest BCUT2D eigenvalue weighted by Gasteiger charge is -2.07. The lowest BCUT2D eigenvalue weighted by molar-refractivity contribution is -0.137.